The molecular weight excluding hydrogens is 320 g/mol. The normalized spacial score (nSPS) is 12.6. The number of rotatable bonds is 5. The van der Waals surface area contributed by atoms with Crippen molar-refractivity contribution in [2.24, 2.45) is 0 Å². The average molecular weight is 333 g/mol. The van der Waals surface area contributed by atoms with E-state index in [2.05, 4.69) is 19.7 Å². The van der Waals surface area contributed by atoms with E-state index in [0.29, 0.717) is 13.1 Å². The van der Waals surface area contributed by atoms with E-state index < -0.39 is 30.4 Å². The van der Waals surface area contributed by atoms with Crippen LogP contribution >= 0.6 is 0 Å². The molecule has 2 N–H and O–H groups in total. The lowest BCUT2D eigenvalue weighted by Gasteiger charge is -2.23. The van der Waals surface area contributed by atoms with Crippen molar-refractivity contribution in [2.75, 3.05) is 23.7 Å². The number of nitrogen functional groups attached to an aromatic ring is 1. The lowest BCUT2D eigenvalue weighted by Crippen LogP contribution is -2.47. The summed E-state index contributed by atoms with van der Waals surface area (Å²) in [4.78, 5) is 11.7. The van der Waals surface area contributed by atoms with E-state index in [1.807, 2.05) is 0 Å². The second-order valence-electron chi connectivity index (χ2n) is 4.03. The second-order valence-corrected chi connectivity index (χ2v) is 4.03. The lowest BCUT2D eigenvalue weighted by atomic mass is 10.3. The van der Waals surface area contributed by atoms with Crippen molar-refractivity contribution in [3.05, 3.63) is 0 Å². The molecule has 1 rings (SSSR count). The Balaban J connectivity index is 3.16. The van der Waals surface area contributed by atoms with Crippen LogP contribution in [-0.2, 0) is 0 Å². The second kappa shape index (κ2) is 6.40. The van der Waals surface area contributed by atoms with E-state index in [-0.39, 0.29) is 5.95 Å². The van der Waals surface area contributed by atoms with Crippen LogP contribution < -0.4 is 15.4 Å². The van der Waals surface area contributed by atoms with Gasteiger partial charge in [0.05, 0.1) is 0 Å². The number of nitrogens with zero attached hydrogens (tertiary/aromatic N) is 4. The molecule has 0 amide bonds. The van der Waals surface area contributed by atoms with Gasteiger partial charge >= 0.3 is 18.4 Å². The molecule has 0 aliphatic heterocycles. The molecule has 12 heteroatoms. The highest BCUT2D eigenvalue weighted by molar-refractivity contribution is 5.35. The molecule has 0 fully saturated rings. The van der Waals surface area contributed by atoms with Crippen molar-refractivity contribution in [1.29, 1.82) is 0 Å². The van der Waals surface area contributed by atoms with Gasteiger partial charge in [0, 0.05) is 13.1 Å². The molecule has 6 nitrogen and oxygen atoms in total. The third kappa shape index (κ3) is 4.49. The molecule has 22 heavy (non-hydrogen) atoms. The van der Waals surface area contributed by atoms with Gasteiger partial charge in [-0.2, -0.15) is 41.3 Å². The van der Waals surface area contributed by atoms with Crippen molar-refractivity contribution < 1.29 is 31.1 Å². The molecule has 0 aliphatic carbocycles. The van der Waals surface area contributed by atoms with Crippen LogP contribution in [0.25, 0.3) is 0 Å². The van der Waals surface area contributed by atoms with Gasteiger partial charge in [0.25, 0.3) is 6.10 Å². The highest BCUT2D eigenvalue weighted by Gasteiger charge is 2.59. The molecule has 0 radical (unpaired) electrons. The first-order chi connectivity index (χ1) is 9.98. The Kier molecular flexibility index (Phi) is 5.25. The minimum absolute atomic E-state index is 0.171. The Morgan fingerprint density at radius 1 is 1.00 bits per heavy atom. The SMILES string of the molecule is CCN(CC)c1nc(N)nc(OC(C(F)(F)F)C(F)(F)F)n1. The fraction of sp³-hybridized carbons (Fsp3) is 0.700. The summed E-state index contributed by atoms with van der Waals surface area (Å²) in [5.41, 5.74) is 5.27. The van der Waals surface area contributed by atoms with Crippen LogP contribution in [0.4, 0.5) is 38.2 Å². The van der Waals surface area contributed by atoms with Gasteiger partial charge in [-0.3, -0.25) is 0 Å². The molecule has 1 aromatic rings. The van der Waals surface area contributed by atoms with E-state index in [9.17, 15) is 26.3 Å². The van der Waals surface area contributed by atoms with Gasteiger partial charge in [-0.15, -0.1) is 0 Å². The first-order valence-corrected chi connectivity index (χ1v) is 6.05. The fourth-order valence-electron chi connectivity index (χ4n) is 1.49. The van der Waals surface area contributed by atoms with Gasteiger partial charge in [0.2, 0.25) is 11.9 Å². The summed E-state index contributed by atoms with van der Waals surface area (Å²) in [5, 5.41) is 0. The number of hydrogen-bond donors (Lipinski definition) is 1. The molecule has 1 heterocycles. The summed E-state index contributed by atoms with van der Waals surface area (Å²) in [6.07, 6.45) is -15.4. The summed E-state index contributed by atoms with van der Waals surface area (Å²) in [6, 6.07) is -1.14. The zero-order valence-electron chi connectivity index (χ0n) is 11.5. The van der Waals surface area contributed by atoms with Crippen LogP contribution in [0, 0.1) is 0 Å². The van der Waals surface area contributed by atoms with Crippen molar-refractivity contribution >= 4 is 11.9 Å². The molecule has 0 aromatic carbocycles. The third-order valence-corrected chi connectivity index (χ3v) is 2.48. The van der Waals surface area contributed by atoms with Gasteiger partial charge in [-0.25, -0.2) is 0 Å². The molecule has 0 atom stereocenters. The van der Waals surface area contributed by atoms with E-state index in [1.54, 1.807) is 13.8 Å². The molecule has 0 saturated heterocycles. The maximum atomic E-state index is 12.4. The van der Waals surface area contributed by atoms with E-state index in [4.69, 9.17) is 5.73 Å². The van der Waals surface area contributed by atoms with Crippen molar-refractivity contribution in [3.8, 4) is 6.01 Å². The summed E-state index contributed by atoms with van der Waals surface area (Å²) in [7, 11) is 0. The smallest absolute Gasteiger partial charge is 0.434 e. The predicted molar refractivity (Wildman–Crippen MR) is 64.3 cm³/mol. The first kappa shape index (κ1) is 18.0. The Hall–Kier alpha value is -2.01. The number of alkyl halides is 6. The van der Waals surface area contributed by atoms with Crippen LogP contribution in [0.2, 0.25) is 0 Å². The van der Waals surface area contributed by atoms with Gasteiger partial charge < -0.3 is 15.4 Å². The average Bonchev–Trinajstić information content (AvgIpc) is 2.34. The van der Waals surface area contributed by atoms with Crippen molar-refractivity contribution in [1.82, 2.24) is 15.0 Å². The minimum atomic E-state index is -5.67. The van der Waals surface area contributed by atoms with E-state index in [0.717, 1.165) is 0 Å². The van der Waals surface area contributed by atoms with Crippen molar-refractivity contribution in [3.63, 3.8) is 0 Å². The number of hydrogen-bond acceptors (Lipinski definition) is 6. The van der Waals surface area contributed by atoms with Crippen LogP contribution in [0.15, 0.2) is 0 Å². The fourth-order valence-corrected chi connectivity index (χ4v) is 1.49. The molecule has 1 aromatic heterocycles. The van der Waals surface area contributed by atoms with Crippen molar-refractivity contribution in [2.45, 2.75) is 32.3 Å². The van der Waals surface area contributed by atoms with E-state index >= 15 is 0 Å². The van der Waals surface area contributed by atoms with E-state index in [1.165, 1.54) is 4.90 Å². The Labute approximate surface area is 121 Å². The molecule has 0 bridgehead atoms. The van der Waals surface area contributed by atoms with Crippen LogP contribution in [0.3, 0.4) is 0 Å². The number of nitrogens with two attached hydrogens (primary N) is 1. The topological polar surface area (TPSA) is 77.2 Å². The standard InChI is InChI=1S/C10H13F6N5O/c1-3-21(4-2)7-18-6(17)19-8(20-7)22-5(9(11,12)13)10(14,15)16/h5H,3-4H2,1-2H3,(H2,17,18,19,20). The van der Waals surface area contributed by atoms with Gasteiger partial charge in [0.1, 0.15) is 0 Å². The molecule has 0 spiro atoms. The maximum absolute atomic E-state index is 12.4. The maximum Gasteiger partial charge on any atom is 0.434 e. The van der Waals surface area contributed by atoms with Gasteiger partial charge in [-0.05, 0) is 13.8 Å². The molecule has 0 unspecified atom stereocenters. The number of anilines is 2. The summed E-state index contributed by atoms with van der Waals surface area (Å²) in [5.74, 6) is -0.717. The Morgan fingerprint density at radius 2 is 1.50 bits per heavy atom. The minimum Gasteiger partial charge on any atom is -0.440 e. The summed E-state index contributed by atoms with van der Waals surface area (Å²) < 4.78 is 78.5. The zero-order chi connectivity index (χ0) is 17.1. The molecule has 0 aliphatic rings. The quantitative estimate of drug-likeness (QED) is 0.832. The first-order valence-electron chi connectivity index (χ1n) is 6.05. The van der Waals surface area contributed by atoms with Crippen LogP contribution in [0.1, 0.15) is 13.8 Å². The number of aromatic nitrogens is 3. The zero-order valence-corrected chi connectivity index (χ0v) is 11.5. The third-order valence-electron chi connectivity index (χ3n) is 2.48. The molecule has 126 valence electrons. The summed E-state index contributed by atoms with van der Waals surface area (Å²) >= 11 is 0. The number of ether oxygens (including phenoxy) is 1. The van der Waals surface area contributed by atoms with Gasteiger partial charge in [-0.1, -0.05) is 0 Å². The monoisotopic (exact) mass is 333 g/mol. The summed E-state index contributed by atoms with van der Waals surface area (Å²) in [6.45, 7) is 4.11. The predicted octanol–water partition coefficient (Wildman–Crippen LogP) is 2.17. The van der Waals surface area contributed by atoms with Crippen LogP contribution in [0.5, 0.6) is 6.01 Å². The largest absolute Gasteiger partial charge is 0.440 e. The Bertz CT molecular complexity index is 488. The Morgan fingerprint density at radius 3 is 1.91 bits per heavy atom. The van der Waals surface area contributed by atoms with Crippen LogP contribution in [-0.4, -0.2) is 46.5 Å². The highest BCUT2D eigenvalue weighted by Crippen LogP contribution is 2.35. The lowest BCUT2D eigenvalue weighted by molar-refractivity contribution is -0.301. The highest BCUT2D eigenvalue weighted by atomic mass is 19.4. The molecular formula is C10H13F6N5O. The molecule has 0 saturated carbocycles. The van der Waals surface area contributed by atoms with Gasteiger partial charge in [0.15, 0.2) is 0 Å². The number of halogens is 6.